The van der Waals surface area contributed by atoms with Crippen LogP contribution >= 0.6 is 0 Å². The molecule has 2 nitrogen and oxygen atoms in total. The quantitative estimate of drug-likeness (QED) is 0.615. The number of halogens is 3. The van der Waals surface area contributed by atoms with Crippen LogP contribution in [0.25, 0.3) is 0 Å². The van der Waals surface area contributed by atoms with E-state index in [0.29, 0.717) is 12.8 Å². The molecule has 0 heterocycles. The van der Waals surface area contributed by atoms with Crippen LogP contribution in [0.15, 0.2) is 11.3 Å². The molecule has 1 aliphatic rings. The molecule has 0 atom stereocenters. The first-order chi connectivity index (χ1) is 5.93. The molecule has 0 amide bonds. The van der Waals surface area contributed by atoms with Crippen molar-refractivity contribution in [1.82, 2.24) is 0 Å². The zero-order valence-corrected chi connectivity index (χ0v) is 7.04. The lowest BCUT2D eigenvalue weighted by Crippen LogP contribution is -2.27. The first kappa shape index (κ1) is 10.1. The van der Waals surface area contributed by atoms with Crippen LogP contribution in [0.1, 0.15) is 25.7 Å². The summed E-state index contributed by atoms with van der Waals surface area (Å²) >= 11 is 0. The van der Waals surface area contributed by atoms with Crippen molar-refractivity contribution in [2.75, 3.05) is 0 Å². The van der Waals surface area contributed by atoms with Gasteiger partial charge in [-0.15, -0.1) is 0 Å². The molecular formula is C8H11F3N2. The molecule has 0 aromatic rings. The number of hydrogen-bond donors (Lipinski definition) is 2. The average Bonchev–Trinajstić information content (AvgIpc) is 2.02. The normalized spacial score (nSPS) is 19.0. The minimum absolute atomic E-state index is 0.0150. The molecule has 0 aromatic heterocycles. The van der Waals surface area contributed by atoms with Crippen LogP contribution in [0, 0.1) is 5.41 Å². The third-order valence-electron chi connectivity index (χ3n) is 2.10. The Morgan fingerprint density at radius 1 is 1.23 bits per heavy atom. The SMILES string of the molecule is N=C(C1=C(N)CCCC1)C(F)(F)F. The van der Waals surface area contributed by atoms with Gasteiger partial charge in [-0.3, -0.25) is 5.41 Å². The summed E-state index contributed by atoms with van der Waals surface area (Å²) in [5, 5.41) is 6.90. The van der Waals surface area contributed by atoms with Crippen LogP contribution in [0.3, 0.4) is 0 Å². The molecule has 74 valence electrons. The van der Waals surface area contributed by atoms with Gasteiger partial charge in [-0.05, 0) is 25.7 Å². The maximum atomic E-state index is 12.1. The molecular weight excluding hydrogens is 181 g/mol. The van der Waals surface area contributed by atoms with E-state index in [9.17, 15) is 13.2 Å². The van der Waals surface area contributed by atoms with Gasteiger partial charge in [0, 0.05) is 11.3 Å². The van der Waals surface area contributed by atoms with Gasteiger partial charge in [-0.25, -0.2) is 0 Å². The predicted octanol–water partition coefficient (Wildman–Crippen LogP) is 2.36. The van der Waals surface area contributed by atoms with Crippen molar-refractivity contribution in [3.05, 3.63) is 11.3 Å². The molecule has 0 fully saturated rings. The molecule has 0 bridgehead atoms. The van der Waals surface area contributed by atoms with E-state index < -0.39 is 11.9 Å². The molecule has 1 aliphatic carbocycles. The van der Waals surface area contributed by atoms with Gasteiger partial charge in [0.25, 0.3) is 0 Å². The zero-order chi connectivity index (χ0) is 10.1. The summed E-state index contributed by atoms with van der Waals surface area (Å²) in [4.78, 5) is 0. The molecule has 0 saturated heterocycles. The Balaban J connectivity index is 2.87. The number of allylic oxidation sites excluding steroid dienone is 2. The zero-order valence-electron chi connectivity index (χ0n) is 7.04. The Kier molecular flexibility index (Phi) is 2.63. The summed E-state index contributed by atoms with van der Waals surface area (Å²) in [6.07, 6.45) is -2.29. The van der Waals surface area contributed by atoms with E-state index in [4.69, 9.17) is 11.1 Å². The standard InChI is InChI=1S/C8H11F3N2/c9-8(10,11)7(13)5-3-1-2-4-6(5)12/h13H,1-4,12H2. The van der Waals surface area contributed by atoms with Crippen molar-refractivity contribution in [1.29, 1.82) is 5.41 Å². The van der Waals surface area contributed by atoms with Gasteiger partial charge < -0.3 is 5.73 Å². The van der Waals surface area contributed by atoms with Gasteiger partial charge in [0.15, 0.2) is 0 Å². The van der Waals surface area contributed by atoms with Crippen molar-refractivity contribution in [3.63, 3.8) is 0 Å². The Hall–Kier alpha value is -1.00. The van der Waals surface area contributed by atoms with Crippen molar-refractivity contribution in [2.45, 2.75) is 31.9 Å². The second-order valence-electron chi connectivity index (χ2n) is 3.08. The molecule has 13 heavy (non-hydrogen) atoms. The maximum absolute atomic E-state index is 12.1. The van der Waals surface area contributed by atoms with Crippen LogP contribution in [-0.2, 0) is 0 Å². The highest BCUT2D eigenvalue weighted by atomic mass is 19.4. The van der Waals surface area contributed by atoms with Crippen LogP contribution in [0.5, 0.6) is 0 Å². The fraction of sp³-hybridized carbons (Fsp3) is 0.625. The lowest BCUT2D eigenvalue weighted by Gasteiger charge is -2.19. The van der Waals surface area contributed by atoms with E-state index >= 15 is 0 Å². The Morgan fingerprint density at radius 2 is 1.77 bits per heavy atom. The summed E-state index contributed by atoms with van der Waals surface area (Å²) in [6, 6.07) is 0. The largest absolute Gasteiger partial charge is 0.432 e. The second-order valence-corrected chi connectivity index (χ2v) is 3.08. The van der Waals surface area contributed by atoms with Gasteiger partial charge in [-0.1, -0.05) is 0 Å². The van der Waals surface area contributed by atoms with Gasteiger partial charge in [0.2, 0.25) is 0 Å². The second kappa shape index (κ2) is 3.40. The van der Waals surface area contributed by atoms with E-state index in [1.54, 1.807) is 0 Å². The first-order valence-corrected chi connectivity index (χ1v) is 4.06. The number of nitrogens with two attached hydrogens (primary N) is 1. The monoisotopic (exact) mass is 192 g/mol. The van der Waals surface area contributed by atoms with E-state index in [0.717, 1.165) is 6.42 Å². The summed E-state index contributed by atoms with van der Waals surface area (Å²) in [5.41, 5.74) is 4.36. The van der Waals surface area contributed by atoms with Crippen molar-refractivity contribution in [2.24, 2.45) is 5.73 Å². The Morgan fingerprint density at radius 3 is 2.23 bits per heavy atom. The molecule has 0 spiro atoms. The lowest BCUT2D eigenvalue weighted by molar-refractivity contribution is -0.0592. The minimum atomic E-state index is -4.56. The maximum Gasteiger partial charge on any atom is 0.432 e. The average molecular weight is 192 g/mol. The third kappa shape index (κ3) is 2.23. The lowest BCUT2D eigenvalue weighted by atomic mass is 9.93. The van der Waals surface area contributed by atoms with E-state index in [2.05, 4.69) is 0 Å². The summed E-state index contributed by atoms with van der Waals surface area (Å²) in [5.74, 6) is 0. The highest BCUT2D eigenvalue weighted by Crippen LogP contribution is 2.29. The van der Waals surface area contributed by atoms with E-state index in [-0.39, 0.29) is 17.7 Å². The minimum Gasteiger partial charge on any atom is -0.402 e. The molecule has 0 saturated carbocycles. The summed E-state index contributed by atoms with van der Waals surface area (Å²) < 4.78 is 36.3. The molecule has 5 heteroatoms. The third-order valence-corrected chi connectivity index (χ3v) is 2.10. The number of rotatable bonds is 1. The number of nitrogens with one attached hydrogen (secondary N) is 1. The first-order valence-electron chi connectivity index (χ1n) is 4.06. The summed E-state index contributed by atoms with van der Waals surface area (Å²) in [6.45, 7) is 0. The van der Waals surface area contributed by atoms with Crippen LogP contribution < -0.4 is 5.73 Å². The molecule has 0 aliphatic heterocycles. The molecule has 0 radical (unpaired) electrons. The van der Waals surface area contributed by atoms with Crippen molar-refractivity contribution < 1.29 is 13.2 Å². The number of alkyl halides is 3. The Bertz CT molecular complexity index is 253. The molecule has 3 N–H and O–H groups in total. The van der Waals surface area contributed by atoms with E-state index in [1.807, 2.05) is 0 Å². The Labute approximate surface area is 74.1 Å². The van der Waals surface area contributed by atoms with Gasteiger partial charge >= 0.3 is 6.18 Å². The molecule has 1 rings (SSSR count). The van der Waals surface area contributed by atoms with Crippen molar-refractivity contribution >= 4 is 5.71 Å². The van der Waals surface area contributed by atoms with E-state index in [1.165, 1.54) is 0 Å². The topological polar surface area (TPSA) is 49.9 Å². The highest BCUT2D eigenvalue weighted by molar-refractivity contribution is 6.02. The molecule has 0 unspecified atom stereocenters. The smallest absolute Gasteiger partial charge is 0.402 e. The highest BCUT2D eigenvalue weighted by Gasteiger charge is 2.37. The number of hydrogen-bond acceptors (Lipinski definition) is 2. The fourth-order valence-electron chi connectivity index (χ4n) is 1.39. The van der Waals surface area contributed by atoms with Gasteiger partial charge in [-0.2, -0.15) is 13.2 Å². The van der Waals surface area contributed by atoms with Crippen LogP contribution in [-0.4, -0.2) is 11.9 Å². The van der Waals surface area contributed by atoms with Crippen molar-refractivity contribution in [3.8, 4) is 0 Å². The molecule has 0 aromatic carbocycles. The van der Waals surface area contributed by atoms with Gasteiger partial charge in [0.1, 0.15) is 5.71 Å². The fourth-order valence-corrected chi connectivity index (χ4v) is 1.39. The summed E-state index contributed by atoms with van der Waals surface area (Å²) in [7, 11) is 0. The van der Waals surface area contributed by atoms with Gasteiger partial charge in [0.05, 0.1) is 0 Å². The van der Waals surface area contributed by atoms with Crippen LogP contribution in [0.4, 0.5) is 13.2 Å². The van der Waals surface area contributed by atoms with Crippen LogP contribution in [0.2, 0.25) is 0 Å². The predicted molar refractivity (Wildman–Crippen MR) is 43.5 cm³/mol.